The van der Waals surface area contributed by atoms with Gasteiger partial charge in [0.1, 0.15) is 5.60 Å². The Labute approximate surface area is 174 Å². The van der Waals surface area contributed by atoms with Crippen molar-refractivity contribution in [1.29, 1.82) is 0 Å². The van der Waals surface area contributed by atoms with Gasteiger partial charge in [0, 0.05) is 17.6 Å². The van der Waals surface area contributed by atoms with Gasteiger partial charge >= 0.3 is 11.9 Å². The molecule has 2 aromatic rings. The maximum absolute atomic E-state index is 12.4. The highest BCUT2D eigenvalue weighted by molar-refractivity contribution is 9.10. The fraction of sp³-hybridized carbons (Fsp3) is 0.364. The maximum atomic E-state index is 12.4. The van der Waals surface area contributed by atoms with E-state index in [-0.39, 0.29) is 12.5 Å². The van der Waals surface area contributed by atoms with Gasteiger partial charge in [-0.1, -0.05) is 52.3 Å². The number of rotatable bonds is 7. The molecule has 2 rings (SSSR count). The van der Waals surface area contributed by atoms with Crippen LogP contribution in [0.4, 0.5) is 0 Å². The van der Waals surface area contributed by atoms with Crippen LogP contribution in [0.25, 0.3) is 0 Å². The summed E-state index contributed by atoms with van der Waals surface area (Å²) in [6.45, 7) is 6.57. The first kappa shape index (κ1) is 22.1. The van der Waals surface area contributed by atoms with Crippen LogP contribution in [-0.2, 0) is 27.4 Å². The molecule has 0 aliphatic carbocycles. The smallest absolute Gasteiger partial charge is 0.338 e. The average Bonchev–Trinajstić information content (AvgIpc) is 2.62. The van der Waals surface area contributed by atoms with E-state index in [0.29, 0.717) is 18.7 Å². The summed E-state index contributed by atoms with van der Waals surface area (Å²) in [5.74, 6) is -0.719. The van der Waals surface area contributed by atoms with Gasteiger partial charge < -0.3 is 9.47 Å². The lowest BCUT2D eigenvalue weighted by Crippen LogP contribution is -2.34. The van der Waals surface area contributed by atoms with Crippen molar-refractivity contribution in [3.8, 4) is 0 Å². The number of carbonyl (C=O) groups excluding carboxylic acids is 2. The molecule has 0 fully saturated rings. The lowest BCUT2D eigenvalue weighted by molar-refractivity contribution is -0.156. The predicted molar refractivity (Wildman–Crippen MR) is 112 cm³/mol. The highest BCUT2D eigenvalue weighted by Gasteiger charge is 2.22. The molecule has 28 heavy (non-hydrogen) atoms. The monoisotopic (exact) mass is 447 g/mol. The van der Waals surface area contributed by atoms with Gasteiger partial charge in [-0.2, -0.15) is 0 Å². The molecule has 0 saturated carbocycles. The van der Waals surface area contributed by atoms with Crippen molar-refractivity contribution in [2.24, 2.45) is 0 Å². The molecular formula is C22H26BrNO4. The average molecular weight is 448 g/mol. The summed E-state index contributed by atoms with van der Waals surface area (Å²) in [6.07, 6.45) is 0. The van der Waals surface area contributed by atoms with Crippen LogP contribution in [-0.4, -0.2) is 36.1 Å². The zero-order valence-electron chi connectivity index (χ0n) is 16.7. The highest BCUT2D eigenvalue weighted by atomic mass is 79.9. The van der Waals surface area contributed by atoms with E-state index < -0.39 is 11.6 Å². The summed E-state index contributed by atoms with van der Waals surface area (Å²) in [5.41, 5.74) is 1.76. The van der Waals surface area contributed by atoms with Gasteiger partial charge in [0.25, 0.3) is 0 Å². The first-order chi connectivity index (χ1) is 13.2. The Morgan fingerprint density at radius 3 is 2.29 bits per heavy atom. The third-order valence-corrected chi connectivity index (χ3v) is 4.67. The fourth-order valence-corrected chi connectivity index (χ4v) is 3.30. The van der Waals surface area contributed by atoms with Gasteiger partial charge in [-0.05, 0) is 44.0 Å². The number of nitrogens with zero attached hydrogens (tertiary/aromatic N) is 1. The summed E-state index contributed by atoms with van der Waals surface area (Å²) in [6, 6.07) is 15.3. The molecule has 0 spiro atoms. The quantitative estimate of drug-likeness (QED) is 0.581. The minimum Gasteiger partial charge on any atom is -0.465 e. The first-order valence-electron chi connectivity index (χ1n) is 9.03. The summed E-state index contributed by atoms with van der Waals surface area (Å²) in [5, 5.41) is 0. The minimum atomic E-state index is -0.556. The van der Waals surface area contributed by atoms with Crippen LogP contribution < -0.4 is 0 Å². The second-order valence-corrected chi connectivity index (χ2v) is 8.33. The second-order valence-electron chi connectivity index (χ2n) is 7.47. The Bertz CT molecular complexity index is 815. The van der Waals surface area contributed by atoms with E-state index in [9.17, 15) is 9.59 Å². The van der Waals surface area contributed by atoms with Gasteiger partial charge in [0.2, 0.25) is 0 Å². The molecule has 150 valence electrons. The van der Waals surface area contributed by atoms with Crippen molar-refractivity contribution >= 4 is 27.9 Å². The Morgan fingerprint density at radius 2 is 1.68 bits per heavy atom. The van der Waals surface area contributed by atoms with Crippen LogP contribution >= 0.6 is 15.9 Å². The molecule has 0 radical (unpaired) electrons. The lowest BCUT2D eigenvalue weighted by atomic mass is 10.1. The summed E-state index contributed by atoms with van der Waals surface area (Å²) < 4.78 is 11.2. The summed E-state index contributed by atoms with van der Waals surface area (Å²) in [7, 11) is 1.36. The Kier molecular flexibility index (Phi) is 7.78. The number of ether oxygens (including phenoxy) is 2. The summed E-state index contributed by atoms with van der Waals surface area (Å²) in [4.78, 5) is 26.6. The minimum absolute atomic E-state index is 0.105. The molecular weight excluding hydrogens is 422 g/mol. The van der Waals surface area contributed by atoms with Crippen molar-refractivity contribution in [1.82, 2.24) is 4.90 Å². The van der Waals surface area contributed by atoms with E-state index in [1.165, 1.54) is 7.11 Å². The largest absolute Gasteiger partial charge is 0.465 e. The van der Waals surface area contributed by atoms with Crippen LogP contribution in [0, 0.1) is 0 Å². The maximum Gasteiger partial charge on any atom is 0.338 e. The summed E-state index contributed by atoms with van der Waals surface area (Å²) >= 11 is 3.52. The fourth-order valence-electron chi connectivity index (χ4n) is 2.81. The van der Waals surface area contributed by atoms with Gasteiger partial charge in [0.15, 0.2) is 0 Å². The van der Waals surface area contributed by atoms with E-state index in [1.807, 2.05) is 62.1 Å². The third-order valence-electron chi connectivity index (χ3n) is 3.93. The molecule has 0 N–H and O–H groups in total. The molecule has 0 aliphatic heterocycles. The number of benzene rings is 2. The molecule has 0 amide bonds. The SMILES string of the molecule is COC(=O)c1cccc(Br)c1CN(CC(=O)OC(C)(C)C)Cc1ccccc1. The van der Waals surface area contributed by atoms with Crippen molar-refractivity contribution < 1.29 is 19.1 Å². The Hall–Kier alpha value is -2.18. The Morgan fingerprint density at radius 1 is 1.00 bits per heavy atom. The van der Waals surface area contributed by atoms with Crippen LogP contribution in [0.5, 0.6) is 0 Å². The molecule has 0 aromatic heterocycles. The number of methoxy groups -OCH3 is 1. The van der Waals surface area contributed by atoms with Crippen LogP contribution in [0.3, 0.4) is 0 Å². The second kappa shape index (κ2) is 9.85. The molecule has 0 unspecified atom stereocenters. The van der Waals surface area contributed by atoms with Gasteiger partial charge in [-0.3, -0.25) is 9.69 Å². The normalized spacial score (nSPS) is 11.4. The zero-order valence-corrected chi connectivity index (χ0v) is 18.3. The number of hydrogen-bond acceptors (Lipinski definition) is 5. The van der Waals surface area contributed by atoms with Crippen LogP contribution in [0.15, 0.2) is 53.0 Å². The van der Waals surface area contributed by atoms with Crippen LogP contribution in [0.1, 0.15) is 42.3 Å². The molecule has 5 nitrogen and oxygen atoms in total. The molecule has 0 bridgehead atoms. The number of hydrogen-bond donors (Lipinski definition) is 0. The number of carbonyl (C=O) groups is 2. The van der Waals surface area contributed by atoms with Crippen molar-refractivity contribution in [3.63, 3.8) is 0 Å². The number of halogens is 1. The van der Waals surface area contributed by atoms with E-state index >= 15 is 0 Å². The highest BCUT2D eigenvalue weighted by Crippen LogP contribution is 2.24. The van der Waals surface area contributed by atoms with Gasteiger partial charge in [0.05, 0.1) is 19.2 Å². The van der Waals surface area contributed by atoms with Crippen molar-refractivity contribution in [2.75, 3.05) is 13.7 Å². The lowest BCUT2D eigenvalue weighted by Gasteiger charge is -2.26. The van der Waals surface area contributed by atoms with Gasteiger partial charge in [-0.25, -0.2) is 4.79 Å². The predicted octanol–water partition coefficient (Wildman–Crippen LogP) is 4.58. The molecule has 0 heterocycles. The Balaban J connectivity index is 2.29. The standard InChI is InChI=1S/C22H26BrNO4/c1-22(2,3)28-20(25)15-24(13-16-9-6-5-7-10-16)14-18-17(21(26)27-4)11-8-12-19(18)23/h5-12H,13-15H2,1-4H3. The zero-order chi connectivity index (χ0) is 20.7. The topological polar surface area (TPSA) is 55.8 Å². The third kappa shape index (κ3) is 6.77. The first-order valence-corrected chi connectivity index (χ1v) is 9.82. The molecule has 0 aliphatic rings. The molecule has 0 saturated heterocycles. The van der Waals surface area contributed by atoms with E-state index in [1.54, 1.807) is 12.1 Å². The van der Waals surface area contributed by atoms with Gasteiger partial charge in [-0.15, -0.1) is 0 Å². The van der Waals surface area contributed by atoms with E-state index in [2.05, 4.69) is 15.9 Å². The van der Waals surface area contributed by atoms with Crippen LogP contribution in [0.2, 0.25) is 0 Å². The van der Waals surface area contributed by atoms with E-state index in [0.717, 1.165) is 15.6 Å². The molecule has 0 atom stereocenters. The van der Waals surface area contributed by atoms with Crippen molar-refractivity contribution in [3.05, 3.63) is 69.7 Å². The number of esters is 2. The molecule has 6 heteroatoms. The van der Waals surface area contributed by atoms with E-state index in [4.69, 9.17) is 9.47 Å². The van der Waals surface area contributed by atoms with Crippen molar-refractivity contribution in [2.45, 2.75) is 39.5 Å². The molecule has 2 aromatic carbocycles.